The quantitative estimate of drug-likeness (QED) is 0.768. The predicted octanol–water partition coefficient (Wildman–Crippen LogP) is 1.90. The molecular formula is C13H18O4S. The molecule has 0 aromatic heterocycles. The molecule has 0 aliphatic rings. The Balaban J connectivity index is 2.36. The third-order valence-corrected chi connectivity index (χ3v) is 5.01. The highest BCUT2D eigenvalue weighted by atomic mass is 32.2. The maximum Gasteiger partial charge on any atom is 0.321 e. The van der Waals surface area contributed by atoms with Gasteiger partial charge in [-0.3, -0.25) is 4.79 Å². The van der Waals surface area contributed by atoms with E-state index in [1.807, 2.05) is 30.3 Å². The molecule has 0 fully saturated rings. The van der Waals surface area contributed by atoms with Crippen LogP contribution in [0.25, 0.3) is 0 Å². The zero-order chi connectivity index (χ0) is 13.6. The van der Waals surface area contributed by atoms with Crippen LogP contribution >= 0.6 is 0 Å². The second-order valence-electron chi connectivity index (χ2n) is 4.29. The van der Waals surface area contributed by atoms with Crippen molar-refractivity contribution < 1.29 is 18.3 Å². The van der Waals surface area contributed by atoms with Gasteiger partial charge in [0.1, 0.15) is 0 Å². The average molecular weight is 270 g/mol. The summed E-state index contributed by atoms with van der Waals surface area (Å²) in [5.41, 5.74) is 1.17. The topological polar surface area (TPSA) is 71.4 Å². The third-order valence-electron chi connectivity index (χ3n) is 2.87. The van der Waals surface area contributed by atoms with E-state index >= 15 is 0 Å². The first-order valence-corrected chi connectivity index (χ1v) is 7.63. The number of hydrogen-bond acceptors (Lipinski definition) is 3. The molecular weight excluding hydrogens is 252 g/mol. The van der Waals surface area contributed by atoms with Crippen molar-refractivity contribution in [2.75, 3.05) is 5.75 Å². The number of hydrogen-bond donors (Lipinski definition) is 1. The summed E-state index contributed by atoms with van der Waals surface area (Å²) < 4.78 is 23.2. The molecule has 1 atom stereocenters. The molecule has 0 amide bonds. The van der Waals surface area contributed by atoms with Gasteiger partial charge in [0.05, 0.1) is 5.75 Å². The summed E-state index contributed by atoms with van der Waals surface area (Å²) in [6.45, 7) is 1.22. The Hall–Kier alpha value is -1.36. The van der Waals surface area contributed by atoms with Crippen LogP contribution in [0.2, 0.25) is 0 Å². The van der Waals surface area contributed by atoms with Gasteiger partial charge in [-0.05, 0) is 31.7 Å². The van der Waals surface area contributed by atoms with Crippen molar-refractivity contribution >= 4 is 15.8 Å². The molecule has 5 heteroatoms. The lowest BCUT2D eigenvalue weighted by Crippen LogP contribution is -2.29. The number of rotatable bonds is 7. The number of carboxylic acids is 1. The Labute approximate surface area is 108 Å². The molecule has 1 rings (SSSR count). The molecule has 0 bridgehead atoms. The third kappa shape index (κ3) is 4.49. The van der Waals surface area contributed by atoms with Gasteiger partial charge in [-0.15, -0.1) is 0 Å². The van der Waals surface area contributed by atoms with Crippen LogP contribution in [-0.2, 0) is 21.1 Å². The Morgan fingerprint density at radius 3 is 2.39 bits per heavy atom. The monoisotopic (exact) mass is 270 g/mol. The first-order chi connectivity index (χ1) is 8.43. The van der Waals surface area contributed by atoms with E-state index in [1.165, 1.54) is 12.5 Å². The maximum absolute atomic E-state index is 11.6. The number of carbonyl (C=O) groups is 1. The number of aliphatic carboxylic acids is 1. The minimum Gasteiger partial charge on any atom is -0.480 e. The molecule has 0 aliphatic heterocycles. The summed E-state index contributed by atoms with van der Waals surface area (Å²) in [6.07, 6.45) is 2.06. The highest BCUT2D eigenvalue weighted by Crippen LogP contribution is 2.09. The van der Waals surface area contributed by atoms with Crippen LogP contribution in [0.15, 0.2) is 30.3 Å². The van der Waals surface area contributed by atoms with Crippen LogP contribution in [-0.4, -0.2) is 30.5 Å². The van der Waals surface area contributed by atoms with Crippen LogP contribution in [0.1, 0.15) is 25.3 Å². The van der Waals surface area contributed by atoms with E-state index < -0.39 is 21.1 Å². The molecule has 1 N–H and O–H groups in total. The lowest BCUT2D eigenvalue weighted by atomic mass is 10.1. The summed E-state index contributed by atoms with van der Waals surface area (Å²) in [6, 6.07) is 9.81. The van der Waals surface area contributed by atoms with Crippen molar-refractivity contribution in [2.24, 2.45) is 0 Å². The molecule has 1 unspecified atom stereocenters. The fraction of sp³-hybridized carbons (Fsp3) is 0.462. The first kappa shape index (κ1) is 14.7. The van der Waals surface area contributed by atoms with Crippen molar-refractivity contribution in [1.82, 2.24) is 0 Å². The van der Waals surface area contributed by atoms with Gasteiger partial charge in [0.15, 0.2) is 15.1 Å². The van der Waals surface area contributed by atoms with Gasteiger partial charge in [0.25, 0.3) is 0 Å². The number of aryl methyl sites for hydroxylation is 1. The van der Waals surface area contributed by atoms with E-state index in [1.54, 1.807) is 0 Å². The van der Waals surface area contributed by atoms with Crippen LogP contribution in [0, 0.1) is 0 Å². The van der Waals surface area contributed by atoms with Gasteiger partial charge < -0.3 is 5.11 Å². The second kappa shape index (κ2) is 6.54. The zero-order valence-corrected chi connectivity index (χ0v) is 11.2. The second-order valence-corrected chi connectivity index (χ2v) is 6.73. The molecule has 18 heavy (non-hydrogen) atoms. The van der Waals surface area contributed by atoms with Gasteiger partial charge in [0, 0.05) is 0 Å². The number of carboxylic acid groups (broad SMARTS) is 1. The van der Waals surface area contributed by atoms with E-state index in [4.69, 9.17) is 5.11 Å². The van der Waals surface area contributed by atoms with Crippen molar-refractivity contribution in [3.8, 4) is 0 Å². The molecule has 0 radical (unpaired) electrons. The van der Waals surface area contributed by atoms with Crippen LogP contribution in [0.5, 0.6) is 0 Å². The molecule has 0 aliphatic carbocycles. The van der Waals surface area contributed by atoms with Gasteiger partial charge in [-0.25, -0.2) is 8.42 Å². The SMILES string of the molecule is CC(C(=O)O)S(=O)(=O)CCCCc1ccccc1. The summed E-state index contributed by atoms with van der Waals surface area (Å²) in [4.78, 5) is 10.6. The summed E-state index contributed by atoms with van der Waals surface area (Å²) in [7, 11) is -3.51. The minimum atomic E-state index is -3.51. The normalized spacial score (nSPS) is 13.2. The Morgan fingerprint density at radius 1 is 1.22 bits per heavy atom. The molecule has 0 heterocycles. The van der Waals surface area contributed by atoms with Crippen molar-refractivity contribution in [3.63, 3.8) is 0 Å². The van der Waals surface area contributed by atoms with Crippen molar-refractivity contribution in [3.05, 3.63) is 35.9 Å². The highest BCUT2D eigenvalue weighted by Gasteiger charge is 2.26. The maximum atomic E-state index is 11.6. The van der Waals surface area contributed by atoms with Gasteiger partial charge in [-0.1, -0.05) is 30.3 Å². The lowest BCUT2D eigenvalue weighted by Gasteiger charge is -2.08. The molecule has 100 valence electrons. The fourth-order valence-corrected chi connectivity index (χ4v) is 2.87. The standard InChI is InChI=1S/C13H18O4S/c1-11(13(14)15)18(16,17)10-6-5-9-12-7-3-2-4-8-12/h2-4,7-8,11H,5-6,9-10H2,1H3,(H,14,15). The smallest absolute Gasteiger partial charge is 0.321 e. The zero-order valence-electron chi connectivity index (χ0n) is 10.4. The van der Waals surface area contributed by atoms with Crippen LogP contribution < -0.4 is 0 Å². The largest absolute Gasteiger partial charge is 0.480 e. The molecule has 0 spiro atoms. The average Bonchev–Trinajstić information content (AvgIpc) is 2.35. The Kier molecular flexibility index (Phi) is 5.34. The number of unbranched alkanes of at least 4 members (excludes halogenated alkanes) is 1. The van der Waals surface area contributed by atoms with Gasteiger partial charge in [-0.2, -0.15) is 0 Å². The minimum absolute atomic E-state index is 0.0622. The number of benzene rings is 1. The van der Waals surface area contributed by atoms with Crippen LogP contribution in [0.3, 0.4) is 0 Å². The number of sulfone groups is 1. The van der Waals surface area contributed by atoms with E-state index in [-0.39, 0.29) is 5.75 Å². The Bertz CT molecular complexity index is 479. The molecule has 1 aromatic carbocycles. The predicted molar refractivity (Wildman–Crippen MR) is 70.3 cm³/mol. The van der Waals surface area contributed by atoms with Crippen molar-refractivity contribution in [1.29, 1.82) is 0 Å². The first-order valence-electron chi connectivity index (χ1n) is 5.92. The van der Waals surface area contributed by atoms with E-state index in [9.17, 15) is 13.2 Å². The fourth-order valence-electron chi connectivity index (χ4n) is 1.61. The van der Waals surface area contributed by atoms with E-state index in [0.717, 1.165) is 12.8 Å². The summed E-state index contributed by atoms with van der Waals surface area (Å²) in [5, 5.41) is 7.36. The molecule has 0 saturated heterocycles. The molecule has 1 aromatic rings. The van der Waals surface area contributed by atoms with Gasteiger partial charge >= 0.3 is 5.97 Å². The van der Waals surface area contributed by atoms with Crippen LogP contribution in [0.4, 0.5) is 0 Å². The summed E-state index contributed by atoms with van der Waals surface area (Å²) in [5.74, 6) is -1.34. The lowest BCUT2D eigenvalue weighted by molar-refractivity contribution is -0.136. The highest BCUT2D eigenvalue weighted by molar-refractivity contribution is 7.92. The molecule has 4 nitrogen and oxygen atoms in total. The van der Waals surface area contributed by atoms with E-state index in [0.29, 0.717) is 6.42 Å². The molecule has 0 saturated carbocycles. The van der Waals surface area contributed by atoms with Gasteiger partial charge in [0.2, 0.25) is 0 Å². The summed E-state index contributed by atoms with van der Waals surface area (Å²) >= 11 is 0. The Morgan fingerprint density at radius 2 is 1.83 bits per heavy atom. The van der Waals surface area contributed by atoms with E-state index in [2.05, 4.69) is 0 Å². The van der Waals surface area contributed by atoms with Crippen molar-refractivity contribution in [2.45, 2.75) is 31.4 Å².